The van der Waals surface area contributed by atoms with Gasteiger partial charge in [0.1, 0.15) is 16.9 Å². The minimum Gasteiger partial charge on any atom is -0.494 e. The molecule has 0 radical (unpaired) electrons. The van der Waals surface area contributed by atoms with Crippen LogP contribution in [0.4, 0.5) is 0 Å². The second-order valence-corrected chi connectivity index (χ2v) is 11.4. The standard InChI is InChI=1S/C29H36N6O3/c1-28(30)17-34(12-10-29(28,2)38-5)27(36)20-13-21-24(23(15-20)37-4)33(3)26(32-21)22-14-19-7-6-11-31-25(19)35(22)16-18-8-9-18/h6-7,11,13-15,18H,8-10,12,16-17,30H2,1-5H3. The van der Waals surface area contributed by atoms with Crippen molar-refractivity contribution in [3.8, 4) is 17.3 Å². The molecule has 2 atom stereocenters. The highest BCUT2D eigenvalue weighted by Crippen LogP contribution is 2.38. The Hall–Kier alpha value is -3.43. The number of carbonyl (C=O) groups excluding carboxylic acids is 1. The number of nitrogens with two attached hydrogens (primary N) is 1. The number of ether oxygens (including phenoxy) is 2. The van der Waals surface area contributed by atoms with Gasteiger partial charge >= 0.3 is 0 Å². The van der Waals surface area contributed by atoms with Gasteiger partial charge in [0.05, 0.1) is 29.5 Å². The molecule has 1 aliphatic heterocycles. The summed E-state index contributed by atoms with van der Waals surface area (Å²) in [4.78, 5) is 25.2. The van der Waals surface area contributed by atoms with Crippen molar-refractivity contribution in [2.75, 3.05) is 27.3 Å². The lowest BCUT2D eigenvalue weighted by molar-refractivity contribution is -0.0894. The number of hydrogen-bond acceptors (Lipinski definition) is 6. The zero-order chi connectivity index (χ0) is 26.8. The third kappa shape index (κ3) is 3.87. The van der Waals surface area contributed by atoms with Crippen molar-refractivity contribution in [3.05, 3.63) is 42.1 Å². The van der Waals surface area contributed by atoms with Crippen molar-refractivity contribution in [2.45, 2.75) is 50.8 Å². The lowest BCUT2D eigenvalue weighted by Crippen LogP contribution is -2.68. The summed E-state index contributed by atoms with van der Waals surface area (Å²) in [5.41, 5.74) is 9.56. The summed E-state index contributed by atoms with van der Waals surface area (Å²) >= 11 is 0. The SMILES string of the molecule is COc1cc(C(=O)N2CCC(C)(OC)C(C)(N)C2)cc2nc(-c3cc4cccnc4n3CC3CC3)n(C)c12. The maximum absolute atomic E-state index is 13.7. The van der Waals surface area contributed by atoms with Crippen LogP contribution in [0.5, 0.6) is 5.75 Å². The Bertz CT molecular complexity index is 1550. The molecule has 6 rings (SSSR count). The van der Waals surface area contributed by atoms with Crippen LogP contribution in [0.25, 0.3) is 33.6 Å². The highest BCUT2D eigenvalue weighted by molar-refractivity contribution is 6.00. The average Bonchev–Trinajstić information content (AvgIpc) is 3.58. The predicted molar refractivity (Wildman–Crippen MR) is 147 cm³/mol. The van der Waals surface area contributed by atoms with E-state index in [-0.39, 0.29) is 5.91 Å². The van der Waals surface area contributed by atoms with Gasteiger partial charge in [-0.15, -0.1) is 0 Å². The molecule has 9 heteroatoms. The van der Waals surface area contributed by atoms with Gasteiger partial charge in [-0.05, 0) is 69.4 Å². The van der Waals surface area contributed by atoms with Gasteiger partial charge in [0.25, 0.3) is 5.91 Å². The molecule has 2 N–H and O–H groups in total. The van der Waals surface area contributed by atoms with E-state index in [1.54, 1.807) is 14.2 Å². The molecule has 4 heterocycles. The number of rotatable bonds is 6. The number of methoxy groups -OCH3 is 2. The maximum Gasteiger partial charge on any atom is 0.254 e. The van der Waals surface area contributed by atoms with Gasteiger partial charge in [0.2, 0.25) is 0 Å². The van der Waals surface area contributed by atoms with Gasteiger partial charge in [-0.25, -0.2) is 9.97 Å². The number of nitrogens with zero attached hydrogens (tertiary/aromatic N) is 5. The Kier molecular flexibility index (Phi) is 5.77. The molecule has 1 aromatic carbocycles. The molecule has 38 heavy (non-hydrogen) atoms. The first-order valence-electron chi connectivity index (χ1n) is 13.3. The molecule has 1 amide bonds. The van der Waals surface area contributed by atoms with E-state index in [1.807, 2.05) is 50.2 Å². The van der Waals surface area contributed by atoms with E-state index in [4.69, 9.17) is 20.2 Å². The van der Waals surface area contributed by atoms with Crippen LogP contribution in [0.15, 0.2) is 36.5 Å². The number of aromatic nitrogens is 4. The number of piperidine rings is 1. The number of imidazole rings is 1. The molecule has 3 aromatic heterocycles. The van der Waals surface area contributed by atoms with E-state index in [2.05, 4.69) is 26.3 Å². The molecule has 0 spiro atoms. The number of fused-ring (bicyclic) bond motifs is 2. The van der Waals surface area contributed by atoms with Crippen molar-refractivity contribution < 1.29 is 14.3 Å². The number of amides is 1. The van der Waals surface area contributed by atoms with Crippen LogP contribution >= 0.6 is 0 Å². The lowest BCUT2D eigenvalue weighted by Gasteiger charge is -2.50. The molecule has 9 nitrogen and oxygen atoms in total. The fourth-order valence-corrected chi connectivity index (χ4v) is 5.80. The number of likely N-dealkylation sites (tertiary alicyclic amines) is 1. The molecular formula is C29H36N6O3. The number of carbonyl (C=O) groups is 1. The van der Waals surface area contributed by atoms with E-state index >= 15 is 0 Å². The van der Waals surface area contributed by atoms with Crippen LogP contribution in [0.1, 0.15) is 43.5 Å². The molecule has 2 unspecified atom stereocenters. The number of hydrogen-bond donors (Lipinski definition) is 1. The first-order chi connectivity index (χ1) is 18.2. The van der Waals surface area contributed by atoms with Crippen LogP contribution < -0.4 is 10.5 Å². The van der Waals surface area contributed by atoms with Gasteiger partial charge in [-0.1, -0.05) is 0 Å². The van der Waals surface area contributed by atoms with Crippen molar-refractivity contribution >= 4 is 28.0 Å². The van der Waals surface area contributed by atoms with Crippen molar-refractivity contribution in [3.63, 3.8) is 0 Å². The third-order valence-electron chi connectivity index (χ3n) is 8.75. The second kappa shape index (κ2) is 8.81. The van der Waals surface area contributed by atoms with Crippen molar-refractivity contribution in [2.24, 2.45) is 18.7 Å². The van der Waals surface area contributed by atoms with E-state index < -0.39 is 11.1 Å². The molecule has 2 fully saturated rings. The second-order valence-electron chi connectivity index (χ2n) is 11.4. The summed E-state index contributed by atoms with van der Waals surface area (Å²) in [5.74, 6) is 2.03. The highest BCUT2D eigenvalue weighted by Gasteiger charge is 2.47. The van der Waals surface area contributed by atoms with Crippen LogP contribution in [-0.4, -0.2) is 68.4 Å². The fourth-order valence-electron chi connectivity index (χ4n) is 5.80. The highest BCUT2D eigenvalue weighted by atomic mass is 16.5. The Morgan fingerprint density at radius 2 is 2.00 bits per heavy atom. The quantitative estimate of drug-likeness (QED) is 0.416. The molecule has 1 aliphatic carbocycles. The molecule has 0 bridgehead atoms. The van der Waals surface area contributed by atoms with Crippen LogP contribution in [-0.2, 0) is 18.3 Å². The van der Waals surface area contributed by atoms with Gasteiger partial charge < -0.3 is 29.2 Å². The molecule has 4 aromatic rings. The van der Waals surface area contributed by atoms with Crippen molar-refractivity contribution in [1.82, 2.24) is 24.0 Å². The number of pyridine rings is 1. The fraction of sp³-hybridized carbons (Fsp3) is 0.483. The van der Waals surface area contributed by atoms with Gasteiger partial charge in [0.15, 0.2) is 5.82 Å². The van der Waals surface area contributed by atoms with E-state index in [1.165, 1.54) is 12.8 Å². The van der Waals surface area contributed by atoms with Gasteiger partial charge in [-0.2, -0.15) is 0 Å². The first-order valence-corrected chi connectivity index (χ1v) is 13.3. The van der Waals surface area contributed by atoms with Crippen LogP contribution in [0.2, 0.25) is 0 Å². The van der Waals surface area contributed by atoms with E-state index in [0.717, 1.165) is 40.1 Å². The predicted octanol–water partition coefficient (Wildman–Crippen LogP) is 3.98. The van der Waals surface area contributed by atoms with Crippen molar-refractivity contribution in [1.29, 1.82) is 0 Å². The summed E-state index contributed by atoms with van der Waals surface area (Å²) in [6, 6.07) is 9.90. The summed E-state index contributed by atoms with van der Waals surface area (Å²) in [6.45, 7) is 5.85. The normalized spacial score (nSPS) is 23.9. The third-order valence-corrected chi connectivity index (χ3v) is 8.75. The number of aryl methyl sites for hydroxylation is 1. The van der Waals surface area contributed by atoms with Gasteiger partial charge in [-0.3, -0.25) is 4.79 Å². The van der Waals surface area contributed by atoms with Gasteiger partial charge in [0, 0.05) is 50.9 Å². The minimum atomic E-state index is -0.676. The smallest absolute Gasteiger partial charge is 0.254 e. The monoisotopic (exact) mass is 516 g/mol. The largest absolute Gasteiger partial charge is 0.494 e. The number of benzene rings is 1. The Morgan fingerprint density at radius 1 is 1.21 bits per heavy atom. The molecule has 1 saturated heterocycles. The van der Waals surface area contributed by atoms with Crippen LogP contribution in [0, 0.1) is 5.92 Å². The topological polar surface area (TPSA) is 100 Å². The summed E-state index contributed by atoms with van der Waals surface area (Å²) in [6.07, 6.45) is 4.99. The maximum atomic E-state index is 13.7. The molecular weight excluding hydrogens is 480 g/mol. The Morgan fingerprint density at radius 3 is 2.68 bits per heavy atom. The summed E-state index contributed by atoms with van der Waals surface area (Å²) < 4.78 is 15.9. The Balaban J connectivity index is 1.42. The minimum absolute atomic E-state index is 0.0840. The summed E-state index contributed by atoms with van der Waals surface area (Å²) in [7, 11) is 5.31. The zero-order valence-corrected chi connectivity index (χ0v) is 22.8. The molecule has 1 saturated carbocycles. The van der Waals surface area contributed by atoms with Crippen LogP contribution in [0.3, 0.4) is 0 Å². The Labute approximate surface area is 222 Å². The first kappa shape index (κ1) is 24.9. The zero-order valence-electron chi connectivity index (χ0n) is 22.8. The van der Waals surface area contributed by atoms with E-state index in [9.17, 15) is 4.79 Å². The molecule has 200 valence electrons. The lowest BCUT2D eigenvalue weighted by atomic mass is 9.77. The summed E-state index contributed by atoms with van der Waals surface area (Å²) in [5, 5.41) is 1.09. The van der Waals surface area contributed by atoms with E-state index in [0.29, 0.717) is 36.7 Å². The molecule has 2 aliphatic rings. The average molecular weight is 517 g/mol.